The number of benzene rings is 2. The Bertz CT molecular complexity index is 926. The molecular formula is C18H14N2O2. The first kappa shape index (κ1) is 12.8. The number of rotatable bonds is 2. The molecule has 0 radical (unpaired) electrons. The van der Waals surface area contributed by atoms with Gasteiger partial charge in [-0.05, 0) is 38.1 Å². The Balaban J connectivity index is 1.86. The number of para-hydroxylation sites is 2. The lowest BCUT2D eigenvalue weighted by molar-refractivity contribution is 0.577. The van der Waals surface area contributed by atoms with Gasteiger partial charge in [-0.15, -0.1) is 10.2 Å². The molecule has 2 heterocycles. The Hall–Kier alpha value is -2.88. The van der Waals surface area contributed by atoms with Crippen LogP contribution in [0.1, 0.15) is 11.5 Å². The van der Waals surface area contributed by atoms with Crippen LogP contribution >= 0.6 is 0 Å². The van der Waals surface area contributed by atoms with Crippen LogP contribution in [-0.2, 0) is 0 Å². The van der Waals surface area contributed by atoms with Crippen molar-refractivity contribution in [2.45, 2.75) is 13.8 Å². The SMILES string of the molecule is Cc1oc2ccccc2c1N=Nc1c(C)oc2ccccc12. The van der Waals surface area contributed by atoms with Crippen molar-refractivity contribution in [3.63, 3.8) is 0 Å². The van der Waals surface area contributed by atoms with Crippen molar-refractivity contribution in [1.82, 2.24) is 0 Å². The molecule has 0 aliphatic carbocycles. The number of nitrogens with zero attached hydrogens (tertiary/aromatic N) is 2. The molecule has 0 atom stereocenters. The summed E-state index contributed by atoms with van der Waals surface area (Å²) in [7, 11) is 0. The van der Waals surface area contributed by atoms with Gasteiger partial charge in [-0.3, -0.25) is 0 Å². The fourth-order valence-corrected chi connectivity index (χ4v) is 2.66. The zero-order chi connectivity index (χ0) is 15.1. The topological polar surface area (TPSA) is 51.0 Å². The molecule has 0 fully saturated rings. The minimum Gasteiger partial charge on any atom is -0.459 e. The molecule has 2 aromatic heterocycles. The van der Waals surface area contributed by atoms with Gasteiger partial charge < -0.3 is 8.83 Å². The molecule has 22 heavy (non-hydrogen) atoms. The van der Waals surface area contributed by atoms with Crippen LogP contribution in [-0.4, -0.2) is 0 Å². The van der Waals surface area contributed by atoms with Gasteiger partial charge in [0.2, 0.25) is 0 Å². The maximum Gasteiger partial charge on any atom is 0.136 e. The molecule has 4 nitrogen and oxygen atoms in total. The van der Waals surface area contributed by atoms with E-state index in [0.29, 0.717) is 0 Å². The molecular weight excluding hydrogens is 276 g/mol. The molecule has 4 aromatic rings. The third kappa shape index (κ3) is 1.92. The van der Waals surface area contributed by atoms with Crippen molar-refractivity contribution < 1.29 is 8.83 Å². The molecule has 108 valence electrons. The van der Waals surface area contributed by atoms with E-state index in [2.05, 4.69) is 10.2 Å². The van der Waals surface area contributed by atoms with E-state index in [4.69, 9.17) is 8.83 Å². The van der Waals surface area contributed by atoms with E-state index >= 15 is 0 Å². The predicted octanol–water partition coefficient (Wildman–Crippen LogP) is 6.21. The Morgan fingerprint density at radius 2 is 1.05 bits per heavy atom. The van der Waals surface area contributed by atoms with Crippen LogP contribution in [0.4, 0.5) is 11.4 Å². The van der Waals surface area contributed by atoms with Crippen molar-refractivity contribution >= 4 is 33.3 Å². The summed E-state index contributed by atoms with van der Waals surface area (Å²) in [6.07, 6.45) is 0. The van der Waals surface area contributed by atoms with Crippen molar-refractivity contribution in [2.75, 3.05) is 0 Å². The van der Waals surface area contributed by atoms with E-state index in [9.17, 15) is 0 Å². The Morgan fingerprint density at radius 1 is 0.636 bits per heavy atom. The van der Waals surface area contributed by atoms with Crippen LogP contribution in [0.3, 0.4) is 0 Å². The average Bonchev–Trinajstić information content (AvgIpc) is 3.01. The second-order valence-corrected chi connectivity index (χ2v) is 5.21. The van der Waals surface area contributed by atoms with Crippen molar-refractivity contribution in [1.29, 1.82) is 0 Å². The summed E-state index contributed by atoms with van der Waals surface area (Å²) in [5, 5.41) is 10.8. The lowest BCUT2D eigenvalue weighted by Gasteiger charge is -1.92. The van der Waals surface area contributed by atoms with Gasteiger partial charge in [0.25, 0.3) is 0 Å². The highest BCUT2D eigenvalue weighted by atomic mass is 16.3. The molecule has 4 heteroatoms. The summed E-state index contributed by atoms with van der Waals surface area (Å²) in [6, 6.07) is 15.7. The summed E-state index contributed by atoms with van der Waals surface area (Å²) in [4.78, 5) is 0. The third-order valence-electron chi connectivity index (χ3n) is 3.73. The minimum absolute atomic E-state index is 0.760. The van der Waals surface area contributed by atoms with Gasteiger partial charge in [0, 0.05) is 10.8 Å². The zero-order valence-corrected chi connectivity index (χ0v) is 12.3. The summed E-state index contributed by atoms with van der Waals surface area (Å²) < 4.78 is 11.4. The van der Waals surface area contributed by atoms with Crippen molar-refractivity contribution in [3.05, 3.63) is 60.1 Å². The fourth-order valence-electron chi connectivity index (χ4n) is 2.66. The zero-order valence-electron chi connectivity index (χ0n) is 12.3. The van der Waals surface area contributed by atoms with E-state index in [1.165, 1.54) is 0 Å². The van der Waals surface area contributed by atoms with Crippen molar-refractivity contribution in [2.24, 2.45) is 10.2 Å². The molecule has 0 saturated heterocycles. The second-order valence-electron chi connectivity index (χ2n) is 5.21. The molecule has 0 aliphatic rings. The third-order valence-corrected chi connectivity index (χ3v) is 3.73. The van der Waals surface area contributed by atoms with E-state index < -0.39 is 0 Å². The lowest BCUT2D eigenvalue weighted by atomic mass is 10.2. The van der Waals surface area contributed by atoms with E-state index in [1.807, 2.05) is 62.4 Å². The monoisotopic (exact) mass is 290 g/mol. The summed E-state index contributed by atoms with van der Waals surface area (Å²) in [5.74, 6) is 1.52. The first-order chi connectivity index (χ1) is 10.7. The molecule has 0 amide bonds. The summed E-state index contributed by atoms with van der Waals surface area (Å²) in [5.41, 5.74) is 3.17. The van der Waals surface area contributed by atoms with Gasteiger partial charge in [0.15, 0.2) is 0 Å². The first-order valence-electron chi connectivity index (χ1n) is 7.12. The van der Waals surface area contributed by atoms with Crippen molar-refractivity contribution in [3.8, 4) is 0 Å². The molecule has 0 aliphatic heterocycles. The van der Waals surface area contributed by atoms with Gasteiger partial charge in [0.1, 0.15) is 34.1 Å². The maximum atomic E-state index is 5.71. The Labute approximate surface area is 127 Å². The highest BCUT2D eigenvalue weighted by Crippen LogP contribution is 2.37. The highest BCUT2D eigenvalue weighted by Gasteiger charge is 2.12. The number of hydrogen-bond donors (Lipinski definition) is 0. The Kier molecular flexibility index (Phi) is 2.82. The van der Waals surface area contributed by atoms with E-state index in [1.54, 1.807) is 0 Å². The average molecular weight is 290 g/mol. The smallest absolute Gasteiger partial charge is 0.136 e. The van der Waals surface area contributed by atoms with Crippen LogP contribution < -0.4 is 0 Å². The van der Waals surface area contributed by atoms with Gasteiger partial charge >= 0.3 is 0 Å². The number of furan rings is 2. The van der Waals surface area contributed by atoms with Crippen LogP contribution in [0.15, 0.2) is 67.6 Å². The van der Waals surface area contributed by atoms with Gasteiger partial charge in [-0.25, -0.2) is 0 Å². The van der Waals surface area contributed by atoms with Crippen LogP contribution in [0.2, 0.25) is 0 Å². The van der Waals surface area contributed by atoms with Gasteiger partial charge in [-0.2, -0.15) is 0 Å². The first-order valence-corrected chi connectivity index (χ1v) is 7.12. The minimum atomic E-state index is 0.760. The molecule has 0 unspecified atom stereocenters. The van der Waals surface area contributed by atoms with Crippen LogP contribution in [0.25, 0.3) is 21.9 Å². The molecule has 0 bridgehead atoms. The second kappa shape index (κ2) is 4.84. The highest BCUT2D eigenvalue weighted by molar-refractivity contribution is 5.92. The largest absolute Gasteiger partial charge is 0.459 e. The molecule has 0 spiro atoms. The number of fused-ring (bicyclic) bond motifs is 2. The lowest BCUT2D eigenvalue weighted by Crippen LogP contribution is -1.67. The fraction of sp³-hybridized carbons (Fsp3) is 0.111. The van der Waals surface area contributed by atoms with Gasteiger partial charge in [-0.1, -0.05) is 24.3 Å². The van der Waals surface area contributed by atoms with Gasteiger partial charge in [0.05, 0.1) is 0 Å². The molecule has 0 N–H and O–H groups in total. The van der Waals surface area contributed by atoms with Crippen LogP contribution in [0, 0.1) is 13.8 Å². The Morgan fingerprint density at radius 3 is 1.50 bits per heavy atom. The standard InChI is InChI=1S/C18H14N2O2/c1-11-17(13-7-3-5-9-15(13)21-11)19-20-18-12(2)22-16-10-6-4-8-14(16)18/h3-10H,1-2H3. The number of hydrogen-bond acceptors (Lipinski definition) is 4. The summed E-state index contributed by atoms with van der Waals surface area (Å²) in [6.45, 7) is 3.80. The maximum absolute atomic E-state index is 5.71. The summed E-state index contributed by atoms with van der Waals surface area (Å²) >= 11 is 0. The van der Waals surface area contributed by atoms with E-state index in [0.717, 1.165) is 44.8 Å². The normalized spacial score (nSPS) is 11.9. The molecule has 0 saturated carbocycles. The molecule has 2 aromatic carbocycles. The quantitative estimate of drug-likeness (QED) is 0.412. The number of aryl methyl sites for hydroxylation is 2. The van der Waals surface area contributed by atoms with E-state index in [-0.39, 0.29) is 0 Å². The predicted molar refractivity (Wildman–Crippen MR) is 86.1 cm³/mol. The number of azo groups is 1. The molecule has 4 rings (SSSR count). The van der Waals surface area contributed by atoms with Crippen LogP contribution in [0.5, 0.6) is 0 Å².